The number of hydrogen-bond donors (Lipinski definition) is 1. The van der Waals surface area contributed by atoms with E-state index in [9.17, 15) is 0 Å². The van der Waals surface area contributed by atoms with Gasteiger partial charge in [0.1, 0.15) is 5.75 Å². The first-order valence-corrected chi connectivity index (χ1v) is 7.36. The van der Waals surface area contributed by atoms with E-state index in [1.807, 2.05) is 0 Å². The van der Waals surface area contributed by atoms with Crippen molar-refractivity contribution in [3.63, 3.8) is 0 Å². The molecule has 1 N–H and O–H groups in total. The number of ether oxygens (including phenoxy) is 1. The molecule has 1 heterocycles. The van der Waals surface area contributed by atoms with Gasteiger partial charge in [-0.2, -0.15) is 0 Å². The Kier molecular flexibility index (Phi) is 5.67. The molecule has 1 aromatic rings. The van der Waals surface area contributed by atoms with Gasteiger partial charge in [0.15, 0.2) is 0 Å². The fraction of sp³-hybridized carbons (Fsp3) is 0.625. The summed E-state index contributed by atoms with van der Waals surface area (Å²) in [5.74, 6) is 0.988. The summed E-state index contributed by atoms with van der Waals surface area (Å²) in [4.78, 5) is 2.58. The Balaban J connectivity index is 1.77. The highest BCUT2D eigenvalue weighted by atomic mass is 16.5. The Bertz CT molecular complexity index is 384. The van der Waals surface area contributed by atoms with Gasteiger partial charge in [0.05, 0.1) is 7.11 Å². The minimum absolute atomic E-state index is 0.988. The molecule has 0 amide bonds. The minimum Gasteiger partial charge on any atom is -0.496 e. The van der Waals surface area contributed by atoms with Crippen LogP contribution in [0.4, 0.5) is 0 Å². The molecule has 19 heavy (non-hydrogen) atoms. The van der Waals surface area contributed by atoms with Gasteiger partial charge in [-0.05, 0) is 63.0 Å². The fourth-order valence-electron chi connectivity index (χ4n) is 2.73. The Morgan fingerprint density at radius 2 is 2.16 bits per heavy atom. The largest absolute Gasteiger partial charge is 0.496 e. The van der Waals surface area contributed by atoms with E-state index in [1.54, 1.807) is 7.11 Å². The highest BCUT2D eigenvalue weighted by Crippen LogP contribution is 2.19. The molecule has 0 bridgehead atoms. The topological polar surface area (TPSA) is 24.5 Å². The second kappa shape index (κ2) is 7.51. The summed E-state index contributed by atoms with van der Waals surface area (Å²) in [6, 6.07) is 6.53. The van der Waals surface area contributed by atoms with Crippen molar-refractivity contribution in [3.8, 4) is 5.75 Å². The van der Waals surface area contributed by atoms with E-state index >= 15 is 0 Å². The van der Waals surface area contributed by atoms with Crippen molar-refractivity contribution in [3.05, 3.63) is 29.3 Å². The van der Waals surface area contributed by atoms with Crippen LogP contribution in [-0.2, 0) is 6.42 Å². The Morgan fingerprint density at radius 1 is 1.26 bits per heavy atom. The molecule has 1 aromatic carbocycles. The summed E-state index contributed by atoms with van der Waals surface area (Å²) in [5.41, 5.74) is 2.66. The molecule has 0 aromatic heterocycles. The molecule has 0 saturated carbocycles. The van der Waals surface area contributed by atoms with E-state index in [4.69, 9.17) is 4.74 Å². The number of nitrogens with zero attached hydrogens (tertiary/aromatic N) is 1. The number of benzene rings is 1. The molecule has 0 spiro atoms. The van der Waals surface area contributed by atoms with Crippen molar-refractivity contribution in [2.75, 3.05) is 39.8 Å². The van der Waals surface area contributed by atoms with Crippen molar-refractivity contribution in [1.82, 2.24) is 10.2 Å². The molecule has 3 heteroatoms. The Hall–Kier alpha value is -1.06. The lowest BCUT2D eigenvalue weighted by Gasteiger charge is -2.19. The van der Waals surface area contributed by atoms with Crippen LogP contribution >= 0.6 is 0 Å². The van der Waals surface area contributed by atoms with Gasteiger partial charge in [0.25, 0.3) is 0 Å². The fourth-order valence-corrected chi connectivity index (χ4v) is 2.73. The van der Waals surface area contributed by atoms with Crippen LogP contribution in [0.15, 0.2) is 18.2 Å². The van der Waals surface area contributed by atoms with Crippen molar-refractivity contribution < 1.29 is 4.74 Å². The zero-order chi connectivity index (χ0) is 13.5. The summed E-state index contributed by atoms with van der Waals surface area (Å²) >= 11 is 0. The highest BCUT2D eigenvalue weighted by molar-refractivity contribution is 5.36. The number of aryl methyl sites for hydroxylation is 2. The lowest BCUT2D eigenvalue weighted by Crippen LogP contribution is -2.29. The minimum atomic E-state index is 0.988. The third kappa shape index (κ3) is 4.51. The third-order valence-electron chi connectivity index (χ3n) is 3.83. The number of methoxy groups -OCH3 is 1. The first-order valence-electron chi connectivity index (χ1n) is 7.36. The molecule has 1 fully saturated rings. The van der Waals surface area contributed by atoms with Gasteiger partial charge in [-0.3, -0.25) is 0 Å². The van der Waals surface area contributed by atoms with Crippen LogP contribution in [0.3, 0.4) is 0 Å². The van der Waals surface area contributed by atoms with Gasteiger partial charge in [-0.1, -0.05) is 12.1 Å². The first-order chi connectivity index (χ1) is 9.29. The molecule has 0 aliphatic carbocycles. The molecule has 1 aliphatic heterocycles. The molecule has 1 saturated heterocycles. The van der Waals surface area contributed by atoms with Crippen LogP contribution in [0.1, 0.15) is 24.0 Å². The van der Waals surface area contributed by atoms with Crippen LogP contribution in [0.2, 0.25) is 0 Å². The summed E-state index contributed by atoms with van der Waals surface area (Å²) in [6.45, 7) is 8.08. The zero-order valence-corrected chi connectivity index (χ0v) is 12.2. The van der Waals surface area contributed by atoms with Gasteiger partial charge in [0.2, 0.25) is 0 Å². The van der Waals surface area contributed by atoms with E-state index in [1.165, 1.54) is 50.1 Å². The second-order valence-corrected chi connectivity index (χ2v) is 5.35. The smallest absolute Gasteiger partial charge is 0.121 e. The molecule has 3 nitrogen and oxygen atoms in total. The molecule has 0 atom stereocenters. The van der Waals surface area contributed by atoms with E-state index in [-0.39, 0.29) is 0 Å². The molecular weight excluding hydrogens is 236 g/mol. The average molecular weight is 262 g/mol. The zero-order valence-electron chi connectivity index (χ0n) is 12.2. The SMILES string of the molecule is COc1ccc(CCCN2CCCNCC2)cc1C. The molecule has 0 radical (unpaired) electrons. The average Bonchev–Trinajstić information content (AvgIpc) is 2.68. The molecule has 1 aliphatic rings. The van der Waals surface area contributed by atoms with E-state index in [0.717, 1.165) is 18.7 Å². The van der Waals surface area contributed by atoms with Crippen LogP contribution in [0.5, 0.6) is 5.75 Å². The Morgan fingerprint density at radius 3 is 2.95 bits per heavy atom. The van der Waals surface area contributed by atoms with Gasteiger partial charge >= 0.3 is 0 Å². The predicted octanol–water partition coefficient (Wildman–Crippen LogP) is 2.23. The van der Waals surface area contributed by atoms with Crippen molar-refractivity contribution >= 4 is 0 Å². The lowest BCUT2D eigenvalue weighted by atomic mass is 10.1. The number of hydrogen-bond acceptors (Lipinski definition) is 3. The van der Waals surface area contributed by atoms with Crippen LogP contribution < -0.4 is 10.1 Å². The van der Waals surface area contributed by atoms with Crippen molar-refractivity contribution in [1.29, 1.82) is 0 Å². The monoisotopic (exact) mass is 262 g/mol. The molecule has 2 rings (SSSR count). The highest BCUT2D eigenvalue weighted by Gasteiger charge is 2.08. The van der Waals surface area contributed by atoms with E-state index in [2.05, 4.69) is 35.3 Å². The van der Waals surface area contributed by atoms with Gasteiger partial charge in [-0.15, -0.1) is 0 Å². The summed E-state index contributed by atoms with van der Waals surface area (Å²) in [7, 11) is 1.73. The summed E-state index contributed by atoms with van der Waals surface area (Å²) in [6.07, 6.45) is 3.68. The normalized spacial score (nSPS) is 17.2. The molecule has 0 unspecified atom stereocenters. The maximum atomic E-state index is 5.30. The molecule has 106 valence electrons. The van der Waals surface area contributed by atoms with Crippen molar-refractivity contribution in [2.45, 2.75) is 26.2 Å². The standard InChI is InChI=1S/C16H26N2O/c1-14-13-15(6-7-16(14)19-2)5-3-10-18-11-4-8-17-9-12-18/h6-7,13,17H,3-5,8-12H2,1-2H3. The van der Waals surface area contributed by atoms with Crippen LogP contribution in [0.25, 0.3) is 0 Å². The third-order valence-corrected chi connectivity index (χ3v) is 3.83. The van der Waals surface area contributed by atoms with Crippen molar-refractivity contribution in [2.24, 2.45) is 0 Å². The number of rotatable bonds is 5. The summed E-state index contributed by atoms with van der Waals surface area (Å²) < 4.78 is 5.30. The molecular formula is C16H26N2O. The summed E-state index contributed by atoms with van der Waals surface area (Å²) in [5, 5.41) is 3.45. The Labute approximate surface area is 116 Å². The quantitative estimate of drug-likeness (QED) is 0.880. The van der Waals surface area contributed by atoms with E-state index in [0.29, 0.717) is 0 Å². The maximum absolute atomic E-state index is 5.30. The van der Waals surface area contributed by atoms with Gasteiger partial charge in [0, 0.05) is 13.1 Å². The van der Waals surface area contributed by atoms with E-state index < -0.39 is 0 Å². The maximum Gasteiger partial charge on any atom is 0.121 e. The van der Waals surface area contributed by atoms with Crippen LogP contribution in [-0.4, -0.2) is 44.7 Å². The lowest BCUT2D eigenvalue weighted by molar-refractivity contribution is 0.289. The predicted molar refractivity (Wildman–Crippen MR) is 80.0 cm³/mol. The van der Waals surface area contributed by atoms with Gasteiger partial charge < -0.3 is 15.0 Å². The second-order valence-electron chi connectivity index (χ2n) is 5.35. The first kappa shape index (κ1) is 14.4. The van der Waals surface area contributed by atoms with Crippen LogP contribution in [0, 0.1) is 6.92 Å². The number of nitrogens with one attached hydrogen (secondary N) is 1. The van der Waals surface area contributed by atoms with Gasteiger partial charge in [-0.25, -0.2) is 0 Å².